The molecule has 1 aromatic heterocycles. The highest BCUT2D eigenvalue weighted by Crippen LogP contribution is 2.33. The van der Waals surface area contributed by atoms with E-state index in [4.69, 9.17) is 11.6 Å². The summed E-state index contributed by atoms with van der Waals surface area (Å²) >= 11 is 6.33. The molecule has 5 nitrogen and oxygen atoms in total. The Labute approximate surface area is 203 Å². The molecule has 2 saturated carbocycles. The van der Waals surface area contributed by atoms with Crippen LogP contribution in [-0.4, -0.2) is 32.9 Å². The Bertz CT molecular complexity index is 1380. The molecule has 2 fully saturated rings. The van der Waals surface area contributed by atoms with Gasteiger partial charge in [0, 0.05) is 24.0 Å². The van der Waals surface area contributed by atoms with Crippen LogP contribution >= 0.6 is 11.6 Å². The Morgan fingerprint density at radius 1 is 0.941 bits per heavy atom. The zero-order valence-corrected chi connectivity index (χ0v) is 19.5. The number of hydrogen-bond acceptors (Lipinski definition) is 4. The first-order valence-corrected chi connectivity index (χ1v) is 12.2. The molecule has 3 aromatic carbocycles. The molecule has 0 aliphatic heterocycles. The van der Waals surface area contributed by atoms with E-state index in [1.165, 1.54) is 12.8 Å². The van der Waals surface area contributed by atoms with E-state index in [-0.39, 0.29) is 11.9 Å². The number of fused-ring (bicyclic) bond motifs is 1. The number of halogens is 1. The first-order valence-electron chi connectivity index (χ1n) is 11.8. The lowest BCUT2D eigenvalue weighted by Gasteiger charge is -2.23. The van der Waals surface area contributed by atoms with Crippen molar-refractivity contribution in [1.29, 1.82) is 0 Å². The second-order valence-electron chi connectivity index (χ2n) is 9.22. The number of nitrogens with zero attached hydrogens (tertiary/aromatic N) is 3. The third kappa shape index (κ3) is 4.36. The van der Waals surface area contributed by atoms with Crippen molar-refractivity contribution in [2.24, 2.45) is 0 Å². The lowest BCUT2D eigenvalue weighted by atomic mass is 10.0. The Morgan fingerprint density at radius 3 is 2.56 bits per heavy atom. The molecule has 0 bridgehead atoms. The van der Waals surface area contributed by atoms with Gasteiger partial charge in [-0.15, -0.1) is 0 Å². The summed E-state index contributed by atoms with van der Waals surface area (Å²) in [6.45, 7) is 0.563. The van der Waals surface area contributed by atoms with E-state index in [0.717, 1.165) is 46.3 Å². The Hall–Kier alpha value is -3.44. The van der Waals surface area contributed by atoms with Gasteiger partial charge in [0.15, 0.2) is 0 Å². The minimum absolute atomic E-state index is 0.00264. The summed E-state index contributed by atoms with van der Waals surface area (Å²) in [4.78, 5) is 24.2. The van der Waals surface area contributed by atoms with Crippen molar-refractivity contribution in [3.63, 3.8) is 0 Å². The molecule has 6 heteroatoms. The van der Waals surface area contributed by atoms with Gasteiger partial charge in [-0.1, -0.05) is 48.0 Å². The van der Waals surface area contributed by atoms with Crippen molar-refractivity contribution in [1.82, 2.24) is 14.9 Å². The number of carbonyl (C=O) groups is 1. The maximum atomic E-state index is 13.3. The molecule has 1 N–H and O–H groups in total. The van der Waals surface area contributed by atoms with Gasteiger partial charge < -0.3 is 10.2 Å². The van der Waals surface area contributed by atoms with Crippen LogP contribution < -0.4 is 5.32 Å². The lowest BCUT2D eigenvalue weighted by Crippen LogP contribution is -2.32. The number of nitrogens with one attached hydrogen (secondary N) is 1. The first kappa shape index (κ1) is 21.1. The van der Waals surface area contributed by atoms with Gasteiger partial charge in [-0.05, 0) is 72.7 Å². The summed E-state index contributed by atoms with van der Waals surface area (Å²) in [7, 11) is 0. The van der Waals surface area contributed by atoms with E-state index >= 15 is 0 Å². The zero-order valence-electron chi connectivity index (χ0n) is 18.7. The number of benzene rings is 3. The van der Waals surface area contributed by atoms with Gasteiger partial charge >= 0.3 is 0 Å². The standard InChI is InChI=1S/C28H25ClN4O/c29-25-7-2-1-6-23(25)28(34)33(22-11-12-22)16-18-4-3-5-19(14-18)20-8-13-26-24(15-20)27(31-17-30-26)32-21-9-10-21/h1-8,13-15,17,21-22H,9-12,16H2,(H,30,31,32). The molecule has 0 saturated heterocycles. The van der Waals surface area contributed by atoms with Crippen molar-refractivity contribution >= 4 is 34.2 Å². The SMILES string of the molecule is O=C(c1ccccc1Cl)N(Cc1cccc(-c2ccc3ncnc(NC4CC4)c3c2)c1)C1CC1. The van der Waals surface area contributed by atoms with Gasteiger partial charge in [0.25, 0.3) is 5.91 Å². The molecular formula is C28H25ClN4O. The molecule has 0 radical (unpaired) electrons. The fourth-order valence-corrected chi connectivity index (χ4v) is 4.58. The summed E-state index contributed by atoms with van der Waals surface area (Å²) in [5, 5.41) is 5.05. The van der Waals surface area contributed by atoms with Crippen LogP contribution in [0.15, 0.2) is 73.1 Å². The van der Waals surface area contributed by atoms with Crippen LogP contribution in [0.1, 0.15) is 41.6 Å². The minimum Gasteiger partial charge on any atom is -0.367 e. The summed E-state index contributed by atoms with van der Waals surface area (Å²) in [6.07, 6.45) is 6.08. The van der Waals surface area contributed by atoms with Gasteiger partial charge in [0.05, 0.1) is 16.1 Å². The maximum absolute atomic E-state index is 13.3. The molecular weight excluding hydrogens is 444 g/mol. The number of anilines is 1. The molecule has 0 atom stereocenters. The molecule has 2 aliphatic rings. The molecule has 0 spiro atoms. The van der Waals surface area contributed by atoms with Gasteiger partial charge in [-0.2, -0.15) is 0 Å². The van der Waals surface area contributed by atoms with Crippen LogP contribution in [0.4, 0.5) is 5.82 Å². The summed E-state index contributed by atoms with van der Waals surface area (Å²) < 4.78 is 0. The number of amides is 1. The molecule has 1 heterocycles. The van der Waals surface area contributed by atoms with E-state index in [2.05, 4.69) is 57.7 Å². The topological polar surface area (TPSA) is 58.1 Å². The quantitative estimate of drug-likeness (QED) is 0.344. The number of rotatable bonds is 7. The van der Waals surface area contributed by atoms with Crippen LogP contribution in [0.5, 0.6) is 0 Å². The van der Waals surface area contributed by atoms with Crippen LogP contribution in [0.2, 0.25) is 5.02 Å². The fraction of sp³-hybridized carbons (Fsp3) is 0.250. The normalized spacial score (nSPS) is 15.3. The molecule has 0 unspecified atom stereocenters. The molecule has 34 heavy (non-hydrogen) atoms. The predicted molar refractivity (Wildman–Crippen MR) is 136 cm³/mol. The molecule has 4 aromatic rings. The van der Waals surface area contributed by atoms with Crippen molar-refractivity contribution in [2.75, 3.05) is 5.32 Å². The van der Waals surface area contributed by atoms with Crippen LogP contribution in [0.3, 0.4) is 0 Å². The van der Waals surface area contributed by atoms with Crippen molar-refractivity contribution in [3.8, 4) is 11.1 Å². The maximum Gasteiger partial charge on any atom is 0.255 e. The summed E-state index contributed by atoms with van der Waals surface area (Å²) in [6, 6.07) is 22.8. The van der Waals surface area contributed by atoms with E-state index in [1.54, 1.807) is 18.5 Å². The Morgan fingerprint density at radius 2 is 1.76 bits per heavy atom. The second-order valence-corrected chi connectivity index (χ2v) is 9.62. The molecule has 6 rings (SSSR count). The second kappa shape index (κ2) is 8.73. The van der Waals surface area contributed by atoms with E-state index in [0.29, 0.717) is 23.2 Å². The fourth-order valence-electron chi connectivity index (χ4n) is 4.36. The highest BCUT2D eigenvalue weighted by molar-refractivity contribution is 6.33. The highest BCUT2D eigenvalue weighted by Gasteiger charge is 2.33. The number of carbonyl (C=O) groups excluding carboxylic acids is 1. The van der Waals surface area contributed by atoms with E-state index in [9.17, 15) is 4.79 Å². The van der Waals surface area contributed by atoms with Crippen molar-refractivity contribution < 1.29 is 4.79 Å². The predicted octanol–water partition coefficient (Wildman–Crippen LogP) is 6.33. The highest BCUT2D eigenvalue weighted by atomic mass is 35.5. The average molecular weight is 469 g/mol. The molecule has 1 amide bonds. The van der Waals surface area contributed by atoms with Crippen molar-refractivity contribution in [3.05, 3.63) is 89.2 Å². The number of hydrogen-bond donors (Lipinski definition) is 1. The Kier molecular flexibility index (Phi) is 5.42. The Balaban J connectivity index is 1.30. The third-order valence-electron chi connectivity index (χ3n) is 6.52. The van der Waals surface area contributed by atoms with Gasteiger partial charge in [-0.3, -0.25) is 4.79 Å². The van der Waals surface area contributed by atoms with Crippen LogP contribution in [-0.2, 0) is 6.54 Å². The summed E-state index contributed by atoms with van der Waals surface area (Å²) in [5.74, 6) is 0.896. The smallest absolute Gasteiger partial charge is 0.255 e. The van der Waals surface area contributed by atoms with Gasteiger partial charge in [-0.25, -0.2) is 9.97 Å². The third-order valence-corrected chi connectivity index (χ3v) is 6.85. The van der Waals surface area contributed by atoms with Gasteiger partial charge in [0.2, 0.25) is 0 Å². The minimum atomic E-state index is -0.00264. The number of aromatic nitrogens is 2. The van der Waals surface area contributed by atoms with Gasteiger partial charge in [0.1, 0.15) is 12.1 Å². The first-order chi connectivity index (χ1) is 16.7. The van der Waals surface area contributed by atoms with Crippen LogP contribution in [0, 0.1) is 0 Å². The molecule has 2 aliphatic carbocycles. The largest absolute Gasteiger partial charge is 0.367 e. The summed E-state index contributed by atoms with van der Waals surface area (Å²) in [5.41, 5.74) is 4.83. The van der Waals surface area contributed by atoms with E-state index in [1.807, 2.05) is 17.0 Å². The van der Waals surface area contributed by atoms with Crippen molar-refractivity contribution in [2.45, 2.75) is 44.3 Å². The average Bonchev–Trinajstić information content (AvgIpc) is 3.78. The molecule has 170 valence electrons. The monoisotopic (exact) mass is 468 g/mol. The van der Waals surface area contributed by atoms with E-state index < -0.39 is 0 Å². The zero-order chi connectivity index (χ0) is 23.1. The lowest BCUT2D eigenvalue weighted by molar-refractivity contribution is 0.0730. The van der Waals surface area contributed by atoms with Crippen LogP contribution in [0.25, 0.3) is 22.0 Å².